The summed E-state index contributed by atoms with van der Waals surface area (Å²) in [4.78, 5) is 11.1. The van der Waals surface area contributed by atoms with Crippen LogP contribution in [-0.4, -0.2) is 18.0 Å². The Labute approximate surface area is 140 Å². The Balaban J connectivity index is 2.35. The first kappa shape index (κ1) is 17.8. The maximum Gasteiger partial charge on any atom is 0.573 e. The third-order valence-corrected chi connectivity index (χ3v) is 3.06. The number of hydrazone groups is 1. The minimum absolute atomic E-state index is 0.346. The molecular formula is C16H12ClF3N2O2. The molecule has 0 saturated carbocycles. The van der Waals surface area contributed by atoms with Crippen molar-refractivity contribution in [2.24, 2.45) is 5.10 Å². The van der Waals surface area contributed by atoms with Crippen molar-refractivity contribution in [2.75, 3.05) is 0 Å². The van der Waals surface area contributed by atoms with Crippen LogP contribution in [0.3, 0.4) is 0 Å². The molecule has 2 rings (SSSR count). The van der Waals surface area contributed by atoms with Gasteiger partial charge in [-0.25, -0.2) is 5.43 Å². The Morgan fingerprint density at radius 2 is 1.54 bits per heavy atom. The van der Waals surface area contributed by atoms with Gasteiger partial charge in [-0.15, -0.1) is 13.2 Å². The van der Waals surface area contributed by atoms with Gasteiger partial charge in [-0.05, 0) is 36.4 Å². The zero-order chi connectivity index (χ0) is 17.7. The van der Waals surface area contributed by atoms with E-state index in [9.17, 15) is 18.0 Å². The average Bonchev–Trinajstić information content (AvgIpc) is 2.49. The Morgan fingerprint density at radius 1 is 1.04 bits per heavy atom. The van der Waals surface area contributed by atoms with E-state index < -0.39 is 6.36 Å². The summed E-state index contributed by atoms with van der Waals surface area (Å²) < 4.78 is 40.4. The highest BCUT2D eigenvalue weighted by Gasteiger charge is 2.31. The molecule has 126 valence electrons. The van der Waals surface area contributed by atoms with Gasteiger partial charge in [0, 0.05) is 23.1 Å². The second kappa shape index (κ2) is 7.35. The molecule has 1 amide bonds. The van der Waals surface area contributed by atoms with Crippen LogP contribution in [-0.2, 0) is 4.79 Å². The molecule has 0 bridgehead atoms. The van der Waals surface area contributed by atoms with Crippen LogP contribution in [0, 0.1) is 0 Å². The van der Waals surface area contributed by atoms with E-state index in [1.54, 1.807) is 24.3 Å². The molecule has 0 fully saturated rings. The van der Waals surface area contributed by atoms with Crippen molar-refractivity contribution >= 4 is 23.2 Å². The third-order valence-electron chi connectivity index (χ3n) is 2.80. The van der Waals surface area contributed by atoms with E-state index in [4.69, 9.17) is 11.6 Å². The first-order valence-electron chi connectivity index (χ1n) is 6.71. The van der Waals surface area contributed by atoms with Crippen LogP contribution < -0.4 is 10.2 Å². The smallest absolute Gasteiger partial charge is 0.406 e. The number of nitrogens with zero attached hydrogens (tertiary/aromatic N) is 1. The van der Waals surface area contributed by atoms with Crippen molar-refractivity contribution in [3.63, 3.8) is 0 Å². The van der Waals surface area contributed by atoms with Gasteiger partial charge in [-0.2, -0.15) is 5.10 Å². The molecule has 0 radical (unpaired) electrons. The van der Waals surface area contributed by atoms with Crippen molar-refractivity contribution in [2.45, 2.75) is 13.3 Å². The molecule has 0 heterocycles. The van der Waals surface area contributed by atoms with Crippen LogP contribution in [0.4, 0.5) is 13.2 Å². The fraction of sp³-hybridized carbons (Fsp3) is 0.125. The molecule has 0 aromatic heterocycles. The van der Waals surface area contributed by atoms with Gasteiger partial charge < -0.3 is 4.74 Å². The Kier molecular flexibility index (Phi) is 5.46. The zero-order valence-corrected chi connectivity index (χ0v) is 13.2. The van der Waals surface area contributed by atoms with Crippen molar-refractivity contribution in [3.05, 3.63) is 64.7 Å². The monoisotopic (exact) mass is 356 g/mol. The van der Waals surface area contributed by atoms with Crippen molar-refractivity contribution in [1.82, 2.24) is 5.43 Å². The molecular weight excluding hydrogens is 345 g/mol. The number of alkyl halides is 3. The standard InChI is InChI=1S/C16H12ClF3N2O2/c1-10(23)21-22-15(11-2-6-13(17)7-3-11)12-4-8-14(9-5-12)24-16(18,19)20/h2-9H,1H3,(H,21,23)/b22-15-. The highest BCUT2D eigenvalue weighted by molar-refractivity contribution is 6.30. The predicted molar refractivity (Wildman–Crippen MR) is 84.0 cm³/mol. The van der Waals surface area contributed by atoms with Crippen LogP contribution in [0.15, 0.2) is 53.6 Å². The molecule has 8 heteroatoms. The van der Waals surface area contributed by atoms with Gasteiger partial charge in [-0.3, -0.25) is 4.79 Å². The van der Waals surface area contributed by atoms with Crippen molar-refractivity contribution in [1.29, 1.82) is 0 Å². The van der Waals surface area contributed by atoms with Crippen molar-refractivity contribution in [3.8, 4) is 5.75 Å². The lowest BCUT2D eigenvalue weighted by Crippen LogP contribution is -2.18. The second-order valence-corrected chi connectivity index (χ2v) is 5.14. The molecule has 1 N–H and O–H groups in total. The number of amides is 1. The maximum absolute atomic E-state index is 12.2. The average molecular weight is 357 g/mol. The first-order chi connectivity index (χ1) is 11.2. The quantitative estimate of drug-likeness (QED) is 0.661. The fourth-order valence-electron chi connectivity index (χ4n) is 1.85. The van der Waals surface area contributed by atoms with Gasteiger partial charge in [0.2, 0.25) is 5.91 Å². The number of carbonyl (C=O) groups excluding carboxylic acids is 1. The molecule has 0 aliphatic rings. The number of carbonyl (C=O) groups is 1. The largest absolute Gasteiger partial charge is 0.573 e. The lowest BCUT2D eigenvalue weighted by molar-refractivity contribution is -0.274. The van der Waals surface area contributed by atoms with E-state index in [1.165, 1.54) is 31.2 Å². The lowest BCUT2D eigenvalue weighted by atomic mass is 10.0. The Morgan fingerprint density at radius 3 is 2.00 bits per heavy atom. The summed E-state index contributed by atoms with van der Waals surface area (Å²) in [5.41, 5.74) is 3.83. The summed E-state index contributed by atoms with van der Waals surface area (Å²) in [7, 11) is 0. The number of ether oxygens (including phenoxy) is 1. The van der Waals surface area contributed by atoms with E-state index in [1.807, 2.05) is 0 Å². The van der Waals surface area contributed by atoms with E-state index in [0.717, 1.165) is 0 Å². The summed E-state index contributed by atoms with van der Waals surface area (Å²) in [6.45, 7) is 1.29. The topological polar surface area (TPSA) is 50.7 Å². The second-order valence-electron chi connectivity index (χ2n) is 4.71. The SMILES string of the molecule is CC(=O)N/N=C(/c1ccc(Cl)cc1)c1ccc(OC(F)(F)F)cc1. The van der Waals surface area contributed by atoms with Crippen LogP contribution >= 0.6 is 11.6 Å². The van der Waals surface area contributed by atoms with Gasteiger partial charge >= 0.3 is 6.36 Å². The molecule has 2 aromatic rings. The van der Waals surface area contributed by atoms with Gasteiger partial charge in [0.25, 0.3) is 0 Å². The van der Waals surface area contributed by atoms with E-state index in [2.05, 4.69) is 15.3 Å². The lowest BCUT2D eigenvalue weighted by Gasteiger charge is -2.11. The molecule has 0 aliphatic heterocycles. The third kappa shape index (κ3) is 5.27. The van der Waals surface area contributed by atoms with Crippen molar-refractivity contribution < 1.29 is 22.7 Å². The fourth-order valence-corrected chi connectivity index (χ4v) is 1.98. The number of hydrogen-bond acceptors (Lipinski definition) is 3. The zero-order valence-electron chi connectivity index (χ0n) is 12.4. The van der Waals surface area contributed by atoms with E-state index in [0.29, 0.717) is 21.9 Å². The van der Waals surface area contributed by atoms with Gasteiger partial charge in [0.1, 0.15) is 5.75 Å². The molecule has 2 aromatic carbocycles. The van der Waals surface area contributed by atoms with Gasteiger partial charge in [-0.1, -0.05) is 23.7 Å². The maximum atomic E-state index is 12.2. The summed E-state index contributed by atoms with van der Waals surface area (Å²) in [5, 5.41) is 4.53. The number of hydrogen-bond donors (Lipinski definition) is 1. The van der Waals surface area contributed by atoms with E-state index in [-0.39, 0.29) is 11.7 Å². The number of nitrogens with one attached hydrogen (secondary N) is 1. The highest BCUT2D eigenvalue weighted by Crippen LogP contribution is 2.24. The molecule has 0 unspecified atom stereocenters. The summed E-state index contributed by atoms with van der Waals surface area (Å²) >= 11 is 5.84. The Hall–Kier alpha value is -2.54. The highest BCUT2D eigenvalue weighted by atomic mass is 35.5. The molecule has 0 spiro atoms. The molecule has 24 heavy (non-hydrogen) atoms. The minimum atomic E-state index is -4.76. The summed E-state index contributed by atoms with van der Waals surface area (Å²) in [5.74, 6) is -0.722. The molecule has 0 aliphatic carbocycles. The van der Waals surface area contributed by atoms with Gasteiger partial charge in [0.05, 0.1) is 5.71 Å². The summed E-state index contributed by atoms with van der Waals surface area (Å²) in [6.07, 6.45) is -4.76. The molecule has 0 saturated heterocycles. The number of halogens is 4. The minimum Gasteiger partial charge on any atom is -0.406 e. The predicted octanol–water partition coefficient (Wildman–Crippen LogP) is 4.13. The number of benzene rings is 2. The van der Waals surface area contributed by atoms with Crippen LogP contribution in [0.25, 0.3) is 0 Å². The first-order valence-corrected chi connectivity index (χ1v) is 7.09. The molecule has 4 nitrogen and oxygen atoms in total. The Bertz CT molecular complexity index is 741. The van der Waals surface area contributed by atoms with E-state index >= 15 is 0 Å². The number of rotatable bonds is 4. The van der Waals surface area contributed by atoms with Crippen LogP contribution in [0.2, 0.25) is 5.02 Å². The van der Waals surface area contributed by atoms with Crippen LogP contribution in [0.5, 0.6) is 5.75 Å². The molecule has 0 atom stereocenters. The normalized spacial score (nSPS) is 12.0. The van der Waals surface area contributed by atoms with Gasteiger partial charge in [0.15, 0.2) is 0 Å². The summed E-state index contributed by atoms with van der Waals surface area (Å²) in [6, 6.07) is 11.8. The van der Waals surface area contributed by atoms with Crippen LogP contribution in [0.1, 0.15) is 18.1 Å².